The Morgan fingerprint density at radius 2 is 2.00 bits per heavy atom. The molecule has 2 atom stereocenters. The Morgan fingerprint density at radius 3 is 2.78 bits per heavy atom. The number of fused-ring (bicyclic) bond motifs is 4. The van der Waals surface area contributed by atoms with Crippen LogP contribution < -0.4 is 5.73 Å². The summed E-state index contributed by atoms with van der Waals surface area (Å²) in [5.41, 5.74) is 10.9. The maximum Gasteiger partial charge on any atom is 0.152 e. The summed E-state index contributed by atoms with van der Waals surface area (Å²) in [6.45, 7) is 0. The number of ether oxygens (including phenoxy) is 1. The molecule has 0 amide bonds. The lowest BCUT2D eigenvalue weighted by Crippen LogP contribution is -2.21. The van der Waals surface area contributed by atoms with Gasteiger partial charge in [0.15, 0.2) is 5.82 Å². The lowest BCUT2D eigenvalue weighted by atomic mass is 9.93. The van der Waals surface area contributed by atoms with E-state index in [1.165, 1.54) is 18.4 Å². The predicted octanol–water partition coefficient (Wildman–Crippen LogP) is 3.09. The minimum Gasteiger partial charge on any atom is -0.507 e. The Balaban J connectivity index is 1.65. The molecule has 5 heteroatoms. The number of nitrogens with two attached hydrogens (primary N) is 1. The molecular formula is C18H19N3O2. The van der Waals surface area contributed by atoms with Gasteiger partial charge in [0.25, 0.3) is 0 Å². The minimum absolute atomic E-state index is 0.0332. The summed E-state index contributed by atoms with van der Waals surface area (Å²) in [5.74, 6) is 1.36. The van der Waals surface area contributed by atoms with E-state index in [-0.39, 0.29) is 18.0 Å². The van der Waals surface area contributed by atoms with E-state index in [9.17, 15) is 5.11 Å². The average Bonchev–Trinajstić information content (AvgIpc) is 3.33. The molecule has 1 aromatic heterocycles. The van der Waals surface area contributed by atoms with E-state index >= 15 is 0 Å². The van der Waals surface area contributed by atoms with Gasteiger partial charge in [0, 0.05) is 17.5 Å². The Kier molecular flexibility index (Phi) is 2.71. The molecule has 118 valence electrons. The molecule has 2 bridgehead atoms. The number of phenols is 1. The van der Waals surface area contributed by atoms with Gasteiger partial charge in [0.2, 0.25) is 0 Å². The van der Waals surface area contributed by atoms with Crippen molar-refractivity contribution in [3.63, 3.8) is 0 Å². The zero-order valence-electron chi connectivity index (χ0n) is 12.8. The van der Waals surface area contributed by atoms with Crippen LogP contribution in [0.25, 0.3) is 11.3 Å². The Hall–Kier alpha value is -2.14. The summed E-state index contributed by atoms with van der Waals surface area (Å²) in [4.78, 5) is 0. The highest BCUT2D eigenvalue weighted by Crippen LogP contribution is 2.47. The second kappa shape index (κ2) is 4.68. The number of nitrogens with zero attached hydrogens (tertiary/aromatic N) is 2. The van der Waals surface area contributed by atoms with Crippen LogP contribution in [0.2, 0.25) is 0 Å². The van der Waals surface area contributed by atoms with Gasteiger partial charge in [-0.05, 0) is 54.9 Å². The number of nitrogen functional groups attached to an aromatic ring is 1. The molecule has 23 heavy (non-hydrogen) atoms. The van der Waals surface area contributed by atoms with Gasteiger partial charge < -0.3 is 15.6 Å². The van der Waals surface area contributed by atoms with Crippen molar-refractivity contribution < 1.29 is 9.84 Å². The first-order valence-electron chi connectivity index (χ1n) is 8.34. The number of aromatic nitrogens is 2. The third kappa shape index (κ3) is 2.03. The molecule has 5 rings (SSSR count). The molecule has 0 radical (unpaired) electrons. The normalized spacial score (nSPS) is 25.4. The number of hydrogen-bond acceptors (Lipinski definition) is 5. The van der Waals surface area contributed by atoms with Crippen molar-refractivity contribution >= 4 is 5.82 Å². The molecule has 5 nitrogen and oxygen atoms in total. The van der Waals surface area contributed by atoms with Crippen LogP contribution in [0.15, 0.2) is 18.2 Å². The lowest BCUT2D eigenvalue weighted by molar-refractivity contribution is 0.0326. The molecule has 1 aromatic carbocycles. The van der Waals surface area contributed by atoms with Gasteiger partial charge in [-0.1, -0.05) is 6.07 Å². The Labute approximate surface area is 134 Å². The Morgan fingerprint density at radius 1 is 1.13 bits per heavy atom. The first kappa shape index (κ1) is 13.3. The van der Waals surface area contributed by atoms with E-state index in [0.717, 1.165) is 41.6 Å². The SMILES string of the molecule is Nc1nnc(-c2ccc(C3CC3)cc2O)c2c1C1CCC(C2)O1. The maximum absolute atomic E-state index is 10.5. The van der Waals surface area contributed by atoms with Gasteiger partial charge in [-0.25, -0.2) is 0 Å². The van der Waals surface area contributed by atoms with Crippen LogP contribution in [-0.2, 0) is 11.2 Å². The van der Waals surface area contributed by atoms with Crippen LogP contribution in [0, 0.1) is 0 Å². The van der Waals surface area contributed by atoms with E-state index in [2.05, 4.69) is 16.3 Å². The van der Waals surface area contributed by atoms with Crippen molar-refractivity contribution in [1.82, 2.24) is 10.2 Å². The summed E-state index contributed by atoms with van der Waals surface area (Å²) in [5, 5.41) is 19.0. The molecule has 1 saturated heterocycles. The molecule has 2 fully saturated rings. The number of benzene rings is 1. The monoisotopic (exact) mass is 309 g/mol. The van der Waals surface area contributed by atoms with Crippen molar-refractivity contribution in [3.8, 4) is 17.0 Å². The predicted molar refractivity (Wildman–Crippen MR) is 86.1 cm³/mol. The molecule has 2 aromatic rings. The minimum atomic E-state index is 0.0332. The number of aromatic hydroxyl groups is 1. The highest BCUT2D eigenvalue weighted by atomic mass is 16.5. The third-order valence-electron chi connectivity index (χ3n) is 5.33. The van der Waals surface area contributed by atoms with E-state index in [1.54, 1.807) is 0 Å². The van der Waals surface area contributed by atoms with Gasteiger partial charge in [0.1, 0.15) is 11.4 Å². The molecule has 2 unspecified atom stereocenters. The van der Waals surface area contributed by atoms with Crippen molar-refractivity contribution in [2.24, 2.45) is 0 Å². The van der Waals surface area contributed by atoms with Crippen molar-refractivity contribution in [2.75, 3.05) is 5.73 Å². The standard InChI is InChI=1S/C18H19N3O2/c19-18-16-13(8-11-4-6-15(16)23-11)17(20-21-18)12-5-3-10(7-14(12)22)9-1-2-9/h3,5,7,9,11,15,22H,1-2,4,6,8H2,(H2,19,21). The fraction of sp³-hybridized carbons (Fsp3) is 0.444. The average molecular weight is 309 g/mol. The van der Waals surface area contributed by atoms with Crippen LogP contribution in [-0.4, -0.2) is 21.4 Å². The van der Waals surface area contributed by atoms with E-state index < -0.39 is 0 Å². The molecule has 3 aliphatic rings. The molecule has 2 aliphatic heterocycles. The summed E-state index contributed by atoms with van der Waals surface area (Å²) in [7, 11) is 0. The molecular weight excluding hydrogens is 290 g/mol. The summed E-state index contributed by atoms with van der Waals surface area (Å²) < 4.78 is 5.97. The maximum atomic E-state index is 10.5. The smallest absolute Gasteiger partial charge is 0.152 e. The highest BCUT2D eigenvalue weighted by Gasteiger charge is 2.38. The summed E-state index contributed by atoms with van der Waals surface area (Å²) >= 11 is 0. The number of phenolic OH excluding ortho intramolecular Hbond substituents is 1. The Bertz CT molecular complexity index is 801. The van der Waals surface area contributed by atoms with E-state index in [4.69, 9.17) is 10.5 Å². The highest BCUT2D eigenvalue weighted by molar-refractivity contribution is 5.73. The molecule has 0 spiro atoms. The van der Waals surface area contributed by atoms with Gasteiger partial charge >= 0.3 is 0 Å². The quantitative estimate of drug-likeness (QED) is 0.891. The van der Waals surface area contributed by atoms with Crippen LogP contribution in [0.4, 0.5) is 5.82 Å². The zero-order valence-corrected chi connectivity index (χ0v) is 12.8. The number of hydrogen-bond donors (Lipinski definition) is 2. The summed E-state index contributed by atoms with van der Waals surface area (Å²) in [6, 6.07) is 5.96. The van der Waals surface area contributed by atoms with Crippen LogP contribution in [0.3, 0.4) is 0 Å². The first-order valence-corrected chi connectivity index (χ1v) is 8.34. The van der Waals surface area contributed by atoms with Crippen LogP contribution in [0.5, 0.6) is 5.75 Å². The topological polar surface area (TPSA) is 81.3 Å². The largest absolute Gasteiger partial charge is 0.507 e. The van der Waals surface area contributed by atoms with Gasteiger partial charge in [-0.3, -0.25) is 0 Å². The third-order valence-corrected chi connectivity index (χ3v) is 5.33. The van der Waals surface area contributed by atoms with Gasteiger partial charge in [0.05, 0.1) is 12.2 Å². The zero-order chi connectivity index (χ0) is 15.6. The van der Waals surface area contributed by atoms with Crippen molar-refractivity contribution in [1.29, 1.82) is 0 Å². The van der Waals surface area contributed by atoms with Crippen molar-refractivity contribution in [2.45, 2.75) is 50.2 Å². The molecule has 3 heterocycles. The fourth-order valence-corrected chi connectivity index (χ4v) is 4.00. The van der Waals surface area contributed by atoms with Gasteiger partial charge in [-0.2, -0.15) is 0 Å². The molecule has 1 saturated carbocycles. The summed E-state index contributed by atoms with van der Waals surface area (Å²) in [6.07, 6.45) is 5.54. The fourth-order valence-electron chi connectivity index (χ4n) is 4.00. The van der Waals surface area contributed by atoms with Crippen LogP contribution >= 0.6 is 0 Å². The number of rotatable bonds is 2. The van der Waals surface area contributed by atoms with E-state index in [0.29, 0.717) is 11.7 Å². The van der Waals surface area contributed by atoms with Crippen LogP contribution in [0.1, 0.15) is 54.4 Å². The van der Waals surface area contributed by atoms with E-state index in [1.807, 2.05) is 12.1 Å². The second-order valence-electron chi connectivity index (χ2n) is 6.91. The molecule has 1 aliphatic carbocycles. The van der Waals surface area contributed by atoms with Crippen molar-refractivity contribution in [3.05, 3.63) is 34.9 Å². The second-order valence-corrected chi connectivity index (χ2v) is 6.91. The number of anilines is 1. The first-order chi connectivity index (χ1) is 11.2. The van der Waals surface area contributed by atoms with Gasteiger partial charge in [-0.15, -0.1) is 10.2 Å². The lowest BCUT2D eigenvalue weighted by Gasteiger charge is -2.26. The molecule has 3 N–H and O–H groups in total.